The fourth-order valence-electron chi connectivity index (χ4n) is 4.38. The average Bonchev–Trinajstić information content (AvgIpc) is 3.24. The highest BCUT2D eigenvalue weighted by Gasteiger charge is 2.36. The molecular weight excluding hydrogens is 298 g/mol. The van der Waals surface area contributed by atoms with Crippen LogP contribution in [0.4, 0.5) is 0 Å². The molecule has 116 valence electrons. The molecule has 3 aromatic rings. The van der Waals surface area contributed by atoms with Gasteiger partial charge in [0.15, 0.2) is 11.5 Å². The molecule has 0 fully saturated rings. The van der Waals surface area contributed by atoms with Crippen LogP contribution in [0.3, 0.4) is 0 Å². The predicted molar refractivity (Wildman–Crippen MR) is 93.3 cm³/mol. The van der Waals surface area contributed by atoms with Crippen LogP contribution < -0.4 is 9.47 Å². The normalized spacial score (nSPS) is 19.7. The van der Waals surface area contributed by atoms with Gasteiger partial charge >= 0.3 is 0 Å². The highest BCUT2D eigenvalue weighted by molar-refractivity contribution is 6.07. The Bertz CT molecular complexity index is 1050. The number of ether oxygens (including phenoxy) is 2. The van der Waals surface area contributed by atoms with Gasteiger partial charge in [0.2, 0.25) is 6.79 Å². The molecule has 0 radical (unpaired) electrons. The number of hydrogen-bond donors (Lipinski definition) is 0. The van der Waals surface area contributed by atoms with Gasteiger partial charge in [-0.2, -0.15) is 0 Å². The summed E-state index contributed by atoms with van der Waals surface area (Å²) in [7, 11) is 0. The average molecular weight is 313 g/mol. The molecule has 0 bridgehead atoms. The number of nitrogens with zero attached hydrogens (tertiary/aromatic N) is 1. The monoisotopic (exact) mass is 313 g/mol. The van der Waals surface area contributed by atoms with Crippen molar-refractivity contribution in [1.29, 1.82) is 0 Å². The number of fused-ring (bicyclic) bond motifs is 7. The van der Waals surface area contributed by atoms with Crippen molar-refractivity contribution in [2.24, 2.45) is 0 Å². The molecule has 2 heterocycles. The summed E-state index contributed by atoms with van der Waals surface area (Å²) in [5.41, 5.74) is 7.83. The molecule has 0 amide bonds. The van der Waals surface area contributed by atoms with Crippen molar-refractivity contribution in [2.45, 2.75) is 18.8 Å². The fraction of sp³-hybridized carbons (Fsp3) is 0.190. The van der Waals surface area contributed by atoms with Crippen molar-refractivity contribution in [3.8, 4) is 22.6 Å². The number of rotatable bonds is 1. The summed E-state index contributed by atoms with van der Waals surface area (Å²) in [5.74, 6) is 2.26. The summed E-state index contributed by atoms with van der Waals surface area (Å²) in [4.78, 5) is 4.70. The number of pyridine rings is 1. The second kappa shape index (κ2) is 4.38. The molecule has 2 aromatic carbocycles. The Morgan fingerprint density at radius 1 is 1.04 bits per heavy atom. The standard InChI is InChI=1S/C21H15NO2/c1-3-13-14(4-1)20-15-5-2-8-22-21(15)16(10-17(13)20)12-6-7-18-19(9-12)24-11-23-18/h2,4-10,13H,1,3,11H2. The van der Waals surface area contributed by atoms with Crippen LogP contribution >= 0.6 is 0 Å². The first kappa shape index (κ1) is 12.6. The summed E-state index contributed by atoms with van der Waals surface area (Å²) in [6.45, 7) is 0.304. The topological polar surface area (TPSA) is 31.4 Å². The van der Waals surface area contributed by atoms with Crippen LogP contribution in [0.25, 0.3) is 27.6 Å². The lowest BCUT2D eigenvalue weighted by Gasteiger charge is -2.32. The van der Waals surface area contributed by atoms with Gasteiger partial charge in [-0.15, -0.1) is 0 Å². The third-order valence-electron chi connectivity index (χ3n) is 5.46. The van der Waals surface area contributed by atoms with Crippen LogP contribution in [-0.4, -0.2) is 11.8 Å². The predicted octanol–water partition coefficient (Wildman–Crippen LogP) is 4.90. The van der Waals surface area contributed by atoms with Crippen LogP contribution in [0, 0.1) is 0 Å². The van der Waals surface area contributed by atoms with E-state index in [2.05, 4.69) is 30.3 Å². The van der Waals surface area contributed by atoms with Crippen molar-refractivity contribution in [3.63, 3.8) is 0 Å². The molecule has 3 heteroatoms. The lowest BCUT2D eigenvalue weighted by atomic mass is 9.71. The van der Waals surface area contributed by atoms with Crippen molar-refractivity contribution in [1.82, 2.24) is 4.98 Å². The van der Waals surface area contributed by atoms with Crippen LogP contribution in [0.15, 0.2) is 48.7 Å². The molecular formula is C21H15NO2. The van der Waals surface area contributed by atoms with E-state index < -0.39 is 0 Å². The highest BCUT2D eigenvalue weighted by atomic mass is 16.7. The highest BCUT2D eigenvalue weighted by Crippen LogP contribution is 2.56. The molecule has 1 aromatic heterocycles. The van der Waals surface area contributed by atoms with E-state index in [1.165, 1.54) is 40.5 Å². The zero-order valence-electron chi connectivity index (χ0n) is 13.1. The van der Waals surface area contributed by atoms with Gasteiger partial charge in [-0.1, -0.05) is 18.2 Å². The summed E-state index contributed by atoms with van der Waals surface area (Å²) >= 11 is 0. The van der Waals surface area contributed by atoms with Crippen molar-refractivity contribution >= 4 is 16.5 Å². The summed E-state index contributed by atoms with van der Waals surface area (Å²) in [5, 5.41) is 1.27. The molecule has 3 aliphatic rings. The fourth-order valence-corrected chi connectivity index (χ4v) is 4.38. The smallest absolute Gasteiger partial charge is 0.231 e. The second-order valence-corrected chi connectivity index (χ2v) is 6.65. The minimum atomic E-state index is 0.304. The molecule has 0 saturated carbocycles. The van der Waals surface area contributed by atoms with Gasteiger partial charge in [-0.25, -0.2) is 0 Å². The maximum Gasteiger partial charge on any atom is 0.231 e. The van der Waals surface area contributed by atoms with E-state index in [0.29, 0.717) is 12.7 Å². The van der Waals surface area contributed by atoms with Crippen LogP contribution in [0.2, 0.25) is 0 Å². The Balaban J connectivity index is 1.64. The third-order valence-corrected chi connectivity index (χ3v) is 5.46. The van der Waals surface area contributed by atoms with Crippen molar-refractivity contribution in [2.75, 3.05) is 6.79 Å². The van der Waals surface area contributed by atoms with Crippen molar-refractivity contribution < 1.29 is 9.47 Å². The lowest BCUT2D eigenvalue weighted by Crippen LogP contribution is -2.13. The molecule has 0 N–H and O–H groups in total. The number of allylic oxidation sites excluding steroid dienone is 2. The van der Waals surface area contributed by atoms with E-state index in [4.69, 9.17) is 14.5 Å². The van der Waals surface area contributed by atoms with E-state index in [1.807, 2.05) is 18.3 Å². The Hall–Kier alpha value is -2.81. The molecule has 24 heavy (non-hydrogen) atoms. The van der Waals surface area contributed by atoms with Gasteiger partial charge in [0.25, 0.3) is 0 Å². The molecule has 6 rings (SSSR count). The maximum atomic E-state index is 5.56. The molecule has 3 nitrogen and oxygen atoms in total. The Labute approximate surface area is 139 Å². The van der Waals surface area contributed by atoms with Crippen LogP contribution in [0.1, 0.15) is 29.9 Å². The van der Waals surface area contributed by atoms with Gasteiger partial charge in [0.05, 0.1) is 5.52 Å². The Kier molecular flexibility index (Phi) is 2.30. The van der Waals surface area contributed by atoms with Gasteiger partial charge in [0.1, 0.15) is 0 Å². The van der Waals surface area contributed by atoms with Gasteiger partial charge < -0.3 is 9.47 Å². The lowest BCUT2D eigenvalue weighted by molar-refractivity contribution is 0.174. The van der Waals surface area contributed by atoms with E-state index in [0.717, 1.165) is 22.6 Å². The van der Waals surface area contributed by atoms with Gasteiger partial charge in [-0.05, 0) is 59.4 Å². The summed E-state index contributed by atoms with van der Waals surface area (Å²) < 4.78 is 11.0. The number of hydrogen-bond acceptors (Lipinski definition) is 3. The first-order valence-corrected chi connectivity index (χ1v) is 8.42. The maximum absolute atomic E-state index is 5.56. The van der Waals surface area contributed by atoms with E-state index >= 15 is 0 Å². The molecule has 0 saturated heterocycles. The summed E-state index contributed by atoms with van der Waals surface area (Å²) in [6.07, 6.45) is 6.72. The quantitative estimate of drug-likeness (QED) is 0.640. The van der Waals surface area contributed by atoms with Gasteiger partial charge in [0, 0.05) is 23.1 Å². The third kappa shape index (κ3) is 1.49. The minimum absolute atomic E-state index is 0.304. The first-order chi connectivity index (χ1) is 11.9. The molecule has 1 aliphatic heterocycles. The Morgan fingerprint density at radius 3 is 3.00 bits per heavy atom. The van der Waals surface area contributed by atoms with E-state index in [1.54, 1.807) is 0 Å². The molecule has 0 spiro atoms. The van der Waals surface area contributed by atoms with Crippen LogP contribution in [-0.2, 0) is 0 Å². The summed E-state index contributed by atoms with van der Waals surface area (Å²) in [6, 6.07) is 12.7. The number of benzene rings is 2. The van der Waals surface area contributed by atoms with Crippen LogP contribution in [0.5, 0.6) is 11.5 Å². The second-order valence-electron chi connectivity index (χ2n) is 6.65. The zero-order valence-corrected chi connectivity index (χ0v) is 13.1. The SMILES string of the molecule is C1=C2c3c(cc(-c4ccc5c(c4)OCO5)c4ncccc34)C2CC1. The van der Waals surface area contributed by atoms with Crippen molar-refractivity contribution in [3.05, 3.63) is 59.8 Å². The Morgan fingerprint density at radius 2 is 2.00 bits per heavy atom. The van der Waals surface area contributed by atoms with Gasteiger partial charge in [-0.3, -0.25) is 4.98 Å². The minimum Gasteiger partial charge on any atom is -0.454 e. The largest absolute Gasteiger partial charge is 0.454 e. The van der Waals surface area contributed by atoms with E-state index in [9.17, 15) is 0 Å². The zero-order chi connectivity index (χ0) is 15.7. The molecule has 2 aliphatic carbocycles. The number of aromatic nitrogens is 1. The molecule has 1 atom stereocenters. The van der Waals surface area contributed by atoms with E-state index in [-0.39, 0.29) is 0 Å². The molecule has 1 unspecified atom stereocenters. The first-order valence-electron chi connectivity index (χ1n) is 8.42.